The second-order valence-electron chi connectivity index (χ2n) is 4.38. The van der Waals surface area contributed by atoms with Crippen molar-refractivity contribution in [1.82, 2.24) is 4.98 Å². The van der Waals surface area contributed by atoms with Crippen LogP contribution in [0.15, 0.2) is 52.5 Å². The summed E-state index contributed by atoms with van der Waals surface area (Å²) in [4.78, 5) is 16.1. The Morgan fingerprint density at radius 3 is 2.70 bits per heavy atom. The minimum absolute atomic E-state index is 0.0354. The van der Waals surface area contributed by atoms with Crippen molar-refractivity contribution in [3.05, 3.63) is 48.2 Å². The first-order chi connectivity index (χ1) is 9.58. The molecule has 0 amide bonds. The summed E-state index contributed by atoms with van der Waals surface area (Å²) >= 11 is 1.29. The summed E-state index contributed by atoms with van der Waals surface area (Å²) in [6.07, 6.45) is 1.70. The van der Waals surface area contributed by atoms with Gasteiger partial charge in [-0.3, -0.25) is 0 Å². The van der Waals surface area contributed by atoms with Gasteiger partial charge in [0.25, 0.3) is 0 Å². The van der Waals surface area contributed by atoms with E-state index in [-0.39, 0.29) is 11.7 Å². The maximum atomic E-state index is 11.2. The predicted octanol–water partition coefficient (Wildman–Crippen LogP) is 3.72. The number of benzene rings is 1. The van der Waals surface area contributed by atoms with Gasteiger partial charge in [-0.05, 0) is 38.1 Å². The third-order valence-corrected chi connectivity index (χ3v) is 3.50. The van der Waals surface area contributed by atoms with Gasteiger partial charge in [0.05, 0.1) is 11.7 Å². The van der Waals surface area contributed by atoms with Crippen molar-refractivity contribution < 1.29 is 14.6 Å². The van der Waals surface area contributed by atoms with Crippen LogP contribution in [0.25, 0.3) is 0 Å². The number of nitrogens with zero attached hydrogens (tertiary/aromatic N) is 1. The lowest BCUT2D eigenvalue weighted by molar-refractivity contribution is 0.0693. The van der Waals surface area contributed by atoms with Crippen molar-refractivity contribution in [2.45, 2.75) is 29.9 Å². The molecule has 0 radical (unpaired) electrons. The average molecular weight is 289 g/mol. The number of rotatable bonds is 5. The molecule has 0 aliphatic carbocycles. The molecule has 0 bridgehead atoms. The molecule has 0 aliphatic heterocycles. The molecule has 0 aliphatic rings. The number of aromatic nitrogens is 1. The van der Waals surface area contributed by atoms with E-state index >= 15 is 0 Å². The molecule has 0 saturated carbocycles. The first-order valence-corrected chi connectivity index (χ1v) is 7.01. The Morgan fingerprint density at radius 2 is 2.00 bits per heavy atom. The zero-order valence-corrected chi connectivity index (χ0v) is 12.1. The molecular formula is C15H15NO3S. The number of ether oxygens (including phenoxy) is 1. The minimum Gasteiger partial charge on any atom is -0.488 e. The first-order valence-electron chi connectivity index (χ1n) is 6.20. The molecular weight excluding hydrogens is 274 g/mol. The molecule has 20 heavy (non-hydrogen) atoms. The van der Waals surface area contributed by atoms with Crippen molar-refractivity contribution in [3.63, 3.8) is 0 Å². The fourth-order valence-electron chi connectivity index (χ4n) is 1.63. The largest absolute Gasteiger partial charge is 0.488 e. The predicted molar refractivity (Wildman–Crippen MR) is 77.5 cm³/mol. The lowest BCUT2D eigenvalue weighted by Crippen LogP contribution is -2.07. The van der Waals surface area contributed by atoms with Crippen molar-refractivity contribution in [3.8, 4) is 5.75 Å². The highest BCUT2D eigenvalue weighted by molar-refractivity contribution is 7.99. The molecule has 1 N–H and O–H groups in total. The van der Waals surface area contributed by atoms with E-state index < -0.39 is 5.97 Å². The Labute approximate surface area is 121 Å². The summed E-state index contributed by atoms with van der Waals surface area (Å²) in [6, 6.07) is 10.5. The van der Waals surface area contributed by atoms with E-state index in [1.165, 1.54) is 11.8 Å². The summed E-state index contributed by atoms with van der Waals surface area (Å²) in [6.45, 7) is 3.87. The van der Waals surface area contributed by atoms with Gasteiger partial charge in [-0.15, -0.1) is 0 Å². The Hall–Kier alpha value is -2.01. The van der Waals surface area contributed by atoms with Gasteiger partial charge in [-0.1, -0.05) is 23.9 Å². The molecule has 2 aromatic rings. The summed E-state index contributed by atoms with van der Waals surface area (Å²) < 4.78 is 5.69. The van der Waals surface area contributed by atoms with Gasteiger partial charge < -0.3 is 9.84 Å². The SMILES string of the molecule is CC(C)Oc1cccnc1Sc1ccccc1C(=O)O. The second kappa shape index (κ2) is 6.43. The fourth-order valence-corrected chi connectivity index (χ4v) is 2.58. The van der Waals surface area contributed by atoms with Crippen LogP contribution in [-0.4, -0.2) is 22.2 Å². The van der Waals surface area contributed by atoms with Crippen LogP contribution in [0.4, 0.5) is 0 Å². The number of pyridine rings is 1. The molecule has 2 rings (SSSR count). The highest BCUT2D eigenvalue weighted by Gasteiger charge is 2.14. The fraction of sp³-hybridized carbons (Fsp3) is 0.200. The van der Waals surface area contributed by atoms with Gasteiger partial charge in [0.15, 0.2) is 5.75 Å². The van der Waals surface area contributed by atoms with E-state index in [2.05, 4.69) is 4.98 Å². The van der Waals surface area contributed by atoms with Gasteiger partial charge in [0.1, 0.15) is 5.03 Å². The Balaban J connectivity index is 2.33. The zero-order valence-electron chi connectivity index (χ0n) is 11.2. The molecule has 0 saturated heterocycles. The van der Waals surface area contributed by atoms with Crippen LogP contribution >= 0.6 is 11.8 Å². The lowest BCUT2D eigenvalue weighted by atomic mass is 10.2. The third kappa shape index (κ3) is 3.51. The highest BCUT2D eigenvalue weighted by atomic mass is 32.2. The van der Waals surface area contributed by atoms with Crippen LogP contribution in [0, 0.1) is 0 Å². The molecule has 1 aromatic carbocycles. The van der Waals surface area contributed by atoms with Crippen LogP contribution in [0.5, 0.6) is 5.75 Å². The van der Waals surface area contributed by atoms with Crippen LogP contribution < -0.4 is 4.74 Å². The quantitative estimate of drug-likeness (QED) is 0.909. The molecule has 0 atom stereocenters. The van der Waals surface area contributed by atoms with Gasteiger partial charge in [0.2, 0.25) is 0 Å². The smallest absolute Gasteiger partial charge is 0.336 e. The molecule has 0 unspecified atom stereocenters. The Bertz CT molecular complexity index is 614. The Morgan fingerprint density at radius 1 is 1.25 bits per heavy atom. The number of hydrogen-bond donors (Lipinski definition) is 1. The average Bonchev–Trinajstić information content (AvgIpc) is 2.41. The van der Waals surface area contributed by atoms with E-state index in [9.17, 15) is 9.90 Å². The summed E-state index contributed by atoms with van der Waals surface area (Å²) in [5.74, 6) is -0.289. The number of aromatic carboxylic acids is 1. The maximum absolute atomic E-state index is 11.2. The third-order valence-electron chi connectivity index (χ3n) is 2.42. The van der Waals surface area contributed by atoms with Gasteiger partial charge in [0, 0.05) is 11.1 Å². The monoisotopic (exact) mass is 289 g/mol. The summed E-state index contributed by atoms with van der Waals surface area (Å²) in [7, 11) is 0. The van der Waals surface area contributed by atoms with E-state index in [0.717, 1.165) is 0 Å². The van der Waals surface area contributed by atoms with E-state index in [1.54, 1.807) is 36.5 Å². The number of carbonyl (C=O) groups is 1. The highest BCUT2D eigenvalue weighted by Crippen LogP contribution is 2.35. The molecule has 104 valence electrons. The van der Waals surface area contributed by atoms with Crippen molar-refractivity contribution >= 4 is 17.7 Å². The molecule has 0 spiro atoms. The summed E-state index contributed by atoms with van der Waals surface area (Å²) in [5.41, 5.74) is 0.263. The van der Waals surface area contributed by atoms with E-state index in [0.29, 0.717) is 15.7 Å². The van der Waals surface area contributed by atoms with Crippen LogP contribution in [0.3, 0.4) is 0 Å². The zero-order chi connectivity index (χ0) is 14.5. The number of carboxylic acid groups (broad SMARTS) is 1. The molecule has 4 nitrogen and oxygen atoms in total. The first kappa shape index (κ1) is 14.4. The topological polar surface area (TPSA) is 59.4 Å². The van der Waals surface area contributed by atoms with Crippen LogP contribution in [0.2, 0.25) is 0 Å². The van der Waals surface area contributed by atoms with E-state index in [4.69, 9.17) is 4.74 Å². The standard InChI is InChI=1S/C15H15NO3S/c1-10(2)19-12-7-5-9-16-14(12)20-13-8-4-3-6-11(13)15(17)18/h3-10H,1-2H3,(H,17,18). The molecule has 5 heteroatoms. The number of carboxylic acids is 1. The Kier molecular flexibility index (Phi) is 4.63. The van der Waals surface area contributed by atoms with E-state index in [1.807, 2.05) is 19.9 Å². The van der Waals surface area contributed by atoms with Gasteiger partial charge in [-0.2, -0.15) is 0 Å². The van der Waals surface area contributed by atoms with Gasteiger partial charge >= 0.3 is 5.97 Å². The normalized spacial score (nSPS) is 10.6. The summed E-state index contributed by atoms with van der Waals surface area (Å²) in [5, 5.41) is 9.86. The van der Waals surface area contributed by atoms with Crippen molar-refractivity contribution in [1.29, 1.82) is 0 Å². The lowest BCUT2D eigenvalue weighted by Gasteiger charge is -2.13. The number of hydrogen-bond acceptors (Lipinski definition) is 4. The molecule has 1 aromatic heterocycles. The maximum Gasteiger partial charge on any atom is 0.336 e. The van der Waals surface area contributed by atoms with Crippen molar-refractivity contribution in [2.75, 3.05) is 0 Å². The van der Waals surface area contributed by atoms with Crippen LogP contribution in [0.1, 0.15) is 24.2 Å². The second-order valence-corrected chi connectivity index (χ2v) is 5.41. The minimum atomic E-state index is -0.949. The van der Waals surface area contributed by atoms with Gasteiger partial charge in [-0.25, -0.2) is 9.78 Å². The van der Waals surface area contributed by atoms with Crippen molar-refractivity contribution in [2.24, 2.45) is 0 Å². The van der Waals surface area contributed by atoms with Crippen LogP contribution in [-0.2, 0) is 0 Å². The molecule has 1 heterocycles. The molecule has 0 fully saturated rings.